The van der Waals surface area contributed by atoms with Crippen molar-refractivity contribution in [1.29, 1.82) is 0 Å². The van der Waals surface area contributed by atoms with Crippen LogP contribution in [0.1, 0.15) is 431 Å². The molecule has 0 spiro atoms. The fourth-order valence-corrected chi connectivity index (χ4v) is 13.6. The van der Waals surface area contributed by atoms with Crippen molar-refractivity contribution in [3.63, 3.8) is 0 Å². The third kappa shape index (κ3) is 59.7. The second-order valence-electron chi connectivity index (χ2n) is 28.9. The Balaban J connectivity index is 2.05. The lowest BCUT2D eigenvalue weighted by atomic mass is 9.99. The number of rotatable bonds is 74. The first kappa shape index (κ1) is 88.4. The molecule has 1 heterocycles. The zero-order chi connectivity index (χ0) is 66.4. The lowest BCUT2D eigenvalue weighted by molar-refractivity contribution is -0.302. The Morgan fingerprint density at radius 2 is 0.620 bits per heavy atom. The van der Waals surface area contributed by atoms with Crippen LogP contribution in [0.15, 0.2) is 36.5 Å². The van der Waals surface area contributed by atoms with Gasteiger partial charge in [-0.15, -0.1) is 0 Å². The molecule has 0 bridgehead atoms. The van der Waals surface area contributed by atoms with Crippen LogP contribution < -0.4 is 5.32 Å². The largest absolute Gasteiger partial charge is 0.394 e. The molecule has 0 aromatic rings. The highest BCUT2D eigenvalue weighted by molar-refractivity contribution is 5.76. The van der Waals surface area contributed by atoms with Gasteiger partial charge >= 0.3 is 0 Å². The molecule has 1 aliphatic heterocycles. The minimum atomic E-state index is -1.58. The summed E-state index contributed by atoms with van der Waals surface area (Å²) in [5.74, 6) is -0.181. The predicted octanol–water partition coefficient (Wildman–Crippen LogP) is 23.7. The molecule has 0 saturated carbocycles. The van der Waals surface area contributed by atoms with Crippen LogP contribution in [0.2, 0.25) is 0 Å². The van der Waals surface area contributed by atoms with Crippen molar-refractivity contribution in [3.05, 3.63) is 36.5 Å². The molecule has 1 fully saturated rings. The van der Waals surface area contributed by atoms with Crippen LogP contribution in [0.25, 0.3) is 0 Å². The van der Waals surface area contributed by atoms with E-state index in [2.05, 4.69) is 43.5 Å². The molecule has 7 atom stereocenters. The molecule has 9 nitrogen and oxygen atoms in total. The fraction of sp³-hybridized carbons (Fsp3) is 0.916. The molecule has 544 valence electrons. The topological polar surface area (TPSA) is 149 Å². The Labute approximate surface area is 571 Å². The van der Waals surface area contributed by atoms with E-state index in [0.29, 0.717) is 6.42 Å². The van der Waals surface area contributed by atoms with Gasteiger partial charge in [0, 0.05) is 6.42 Å². The van der Waals surface area contributed by atoms with E-state index < -0.39 is 49.5 Å². The summed E-state index contributed by atoms with van der Waals surface area (Å²) in [6.45, 7) is 3.83. The highest BCUT2D eigenvalue weighted by Gasteiger charge is 2.44. The Bertz CT molecular complexity index is 1550. The molecule has 0 radical (unpaired) electrons. The van der Waals surface area contributed by atoms with Crippen LogP contribution >= 0.6 is 0 Å². The lowest BCUT2D eigenvalue weighted by Crippen LogP contribution is -2.60. The zero-order valence-electron chi connectivity index (χ0n) is 61.3. The number of hydrogen-bond acceptors (Lipinski definition) is 8. The van der Waals surface area contributed by atoms with Crippen molar-refractivity contribution < 1.29 is 39.8 Å². The minimum absolute atomic E-state index is 0.181. The van der Waals surface area contributed by atoms with Gasteiger partial charge in [0.2, 0.25) is 5.91 Å². The maximum Gasteiger partial charge on any atom is 0.220 e. The van der Waals surface area contributed by atoms with Crippen LogP contribution in [0.3, 0.4) is 0 Å². The molecule has 1 amide bonds. The standard InChI is InChI=1S/C83H159NO8/c1-3-5-7-9-11-13-15-17-19-21-23-25-27-29-31-33-34-35-36-37-38-39-40-41-42-43-45-47-49-51-53-55-57-59-61-63-65-67-69-71-73-79(87)84-76(75-91-83-82(90)81(89)80(88)78(74-85)92-83)77(86)72-70-68-66-64-62-60-58-56-54-52-50-48-46-44-32-30-28-26-24-22-20-18-16-14-12-10-8-6-4-2/h54,56,62,64,70,72,76-78,80-83,85-86,88-90H,3-53,55,57-61,63,65-69,71,73-75H2,1-2H3,(H,84,87)/b56-54+,64-62+,72-70+. The van der Waals surface area contributed by atoms with Gasteiger partial charge in [-0.05, 0) is 44.9 Å². The lowest BCUT2D eigenvalue weighted by Gasteiger charge is -2.40. The summed E-state index contributed by atoms with van der Waals surface area (Å²) in [4.78, 5) is 13.2. The Kier molecular flexibility index (Phi) is 69.4. The number of hydrogen-bond donors (Lipinski definition) is 6. The summed E-state index contributed by atoms with van der Waals surface area (Å²) in [6, 6.07) is -0.829. The van der Waals surface area contributed by atoms with Crippen molar-refractivity contribution in [3.8, 4) is 0 Å². The van der Waals surface area contributed by atoms with Crippen molar-refractivity contribution in [2.75, 3.05) is 13.2 Å². The number of carbonyl (C=O) groups is 1. The van der Waals surface area contributed by atoms with Gasteiger partial charge in [-0.25, -0.2) is 0 Å². The fourth-order valence-electron chi connectivity index (χ4n) is 13.6. The summed E-state index contributed by atoms with van der Waals surface area (Å²) >= 11 is 0. The zero-order valence-corrected chi connectivity index (χ0v) is 61.3. The number of unbranched alkanes of at least 4 members (excludes halogenated alkanes) is 60. The van der Waals surface area contributed by atoms with E-state index in [1.165, 1.54) is 366 Å². The van der Waals surface area contributed by atoms with E-state index in [1.54, 1.807) is 6.08 Å². The highest BCUT2D eigenvalue weighted by atomic mass is 16.7. The summed E-state index contributed by atoms with van der Waals surface area (Å²) in [7, 11) is 0. The van der Waals surface area contributed by atoms with Gasteiger partial charge in [0.15, 0.2) is 6.29 Å². The molecule has 0 aromatic carbocycles. The van der Waals surface area contributed by atoms with Crippen LogP contribution in [-0.2, 0) is 14.3 Å². The SMILES string of the molecule is CCCCCCCCCCCCCCCCCCCCC/C=C/CC/C=C/CC/C=C/C(O)C(COC1OC(CO)C(O)C(O)C1O)NC(=O)CCCCCCCCCCCCCCCCCCCCCCCCCCCCCCCCCCCCCCCCCC. The molecular formula is C83H159NO8. The van der Waals surface area contributed by atoms with Gasteiger partial charge in [0.05, 0.1) is 25.4 Å². The monoisotopic (exact) mass is 1300 g/mol. The molecule has 92 heavy (non-hydrogen) atoms. The number of allylic oxidation sites excluding steroid dienone is 5. The van der Waals surface area contributed by atoms with Gasteiger partial charge in [0.25, 0.3) is 0 Å². The van der Waals surface area contributed by atoms with Crippen LogP contribution in [0, 0.1) is 0 Å². The number of aliphatic hydroxyl groups is 5. The maximum absolute atomic E-state index is 13.2. The van der Waals surface area contributed by atoms with E-state index >= 15 is 0 Å². The van der Waals surface area contributed by atoms with Crippen molar-refractivity contribution >= 4 is 5.91 Å². The molecule has 1 aliphatic rings. The molecule has 0 aromatic heterocycles. The number of nitrogens with one attached hydrogen (secondary N) is 1. The summed E-state index contributed by atoms with van der Waals surface area (Å²) in [6.07, 6.45) is 91.8. The van der Waals surface area contributed by atoms with E-state index in [9.17, 15) is 30.3 Å². The van der Waals surface area contributed by atoms with Gasteiger partial charge in [-0.1, -0.05) is 416 Å². The number of ether oxygens (including phenoxy) is 2. The van der Waals surface area contributed by atoms with E-state index in [0.717, 1.165) is 44.9 Å². The Morgan fingerprint density at radius 3 is 0.913 bits per heavy atom. The molecule has 1 rings (SSSR count). The molecule has 7 unspecified atom stereocenters. The number of carbonyl (C=O) groups excluding carboxylic acids is 1. The molecular weight excluding hydrogens is 1140 g/mol. The Morgan fingerprint density at radius 1 is 0.359 bits per heavy atom. The third-order valence-corrected chi connectivity index (χ3v) is 19.9. The number of amides is 1. The average molecular weight is 1300 g/mol. The van der Waals surface area contributed by atoms with Crippen LogP contribution in [0.4, 0.5) is 0 Å². The first-order valence-electron chi connectivity index (χ1n) is 41.2. The maximum atomic E-state index is 13.2. The molecule has 0 aliphatic carbocycles. The van der Waals surface area contributed by atoms with E-state index in [4.69, 9.17) is 9.47 Å². The summed E-state index contributed by atoms with van der Waals surface area (Å²) < 4.78 is 11.3. The molecule has 6 N–H and O–H groups in total. The van der Waals surface area contributed by atoms with Crippen LogP contribution in [-0.4, -0.2) is 87.5 Å². The van der Waals surface area contributed by atoms with Crippen molar-refractivity contribution in [1.82, 2.24) is 5.32 Å². The second kappa shape index (κ2) is 72.2. The van der Waals surface area contributed by atoms with Crippen LogP contribution in [0.5, 0.6) is 0 Å². The van der Waals surface area contributed by atoms with E-state index in [-0.39, 0.29) is 12.5 Å². The average Bonchev–Trinajstić information content (AvgIpc) is 0.965. The second-order valence-corrected chi connectivity index (χ2v) is 28.9. The first-order chi connectivity index (χ1) is 45.3. The highest BCUT2D eigenvalue weighted by Crippen LogP contribution is 2.24. The quantitative estimate of drug-likeness (QED) is 0.0261. The Hall–Kier alpha value is -1.59. The minimum Gasteiger partial charge on any atom is -0.394 e. The molecule has 1 saturated heterocycles. The normalized spacial score (nSPS) is 17.8. The van der Waals surface area contributed by atoms with Gasteiger partial charge in [-0.3, -0.25) is 4.79 Å². The van der Waals surface area contributed by atoms with Gasteiger partial charge in [-0.2, -0.15) is 0 Å². The number of aliphatic hydroxyl groups excluding tert-OH is 5. The van der Waals surface area contributed by atoms with Gasteiger partial charge < -0.3 is 40.3 Å². The molecule has 9 heteroatoms. The van der Waals surface area contributed by atoms with Crippen molar-refractivity contribution in [2.45, 2.75) is 474 Å². The first-order valence-corrected chi connectivity index (χ1v) is 41.2. The smallest absolute Gasteiger partial charge is 0.220 e. The van der Waals surface area contributed by atoms with E-state index in [1.807, 2.05) is 6.08 Å². The third-order valence-electron chi connectivity index (χ3n) is 19.9. The predicted molar refractivity (Wildman–Crippen MR) is 397 cm³/mol. The summed E-state index contributed by atoms with van der Waals surface area (Å²) in [5, 5.41) is 54.9. The van der Waals surface area contributed by atoms with Gasteiger partial charge in [0.1, 0.15) is 24.4 Å². The summed E-state index contributed by atoms with van der Waals surface area (Å²) in [5.41, 5.74) is 0. The van der Waals surface area contributed by atoms with Crippen molar-refractivity contribution in [2.24, 2.45) is 0 Å².